The molecule has 0 aromatic heterocycles. The number of benzene rings is 1. The van der Waals surface area contributed by atoms with E-state index in [1.165, 1.54) is 12.1 Å². The van der Waals surface area contributed by atoms with Gasteiger partial charge in [0.25, 0.3) is 0 Å². The van der Waals surface area contributed by atoms with Crippen LogP contribution in [0.2, 0.25) is 0 Å². The van der Waals surface area contributed by atoms with E-state index in [4.69, 9.17) is 0 Å². The number of carbonyl (C=O) groups is 1. The molecule has 1 aromatic carbocycles. The lowest BCUT2D eigenvalue weighted by molar-refractivity contribution is 0.0536. The SMILES string of the molecule is CN(C)c1ccc(C(=O)C(F)(F)Cl)cc1. The molecular weight excluding hydrogens is 224 g/mol. The third kappa shape index (κ3) is 2.89. The molecule has 0 saturated carbocycles. The number of anilines is 1. The number of hydrogen-bond acceptors (Lipinski definition) is 2. The molecule has 0 unspecified atom stereocenters. The van der Waals surface area contributed by atoms with Crippen LogP contribution in [0.25, 0.3) is 0 Å². The summed E-state index contributed by atoms with van der Waals surface area (Å²) in [6.07, 6.45) is 0. The van der Waals surface area contributed by atoms with Crippen molar-refractivity contribution in [2.24, 2.45) is 0 Å². The monoisotopic (exact) mass is 233 g/mol. The first-order valence-electron chi connectivity index (χ1n) is 4.21. The highest BCUT2D eigenvalue weighted by molar-refractivity contribution is 6.35. The van der Waals surface area contributed by atoms with Crippen LogP contribution in [0.5, 0.6) is 0 Å². The average molecular weight is 234 g/mol. The smallest absolute Gasteiger partial charge is 0.378 e. The summed E-state index contributed by atoms with van der Waals surface area (Å²) in [5.74, 6) is -1.38. The maximum Gasteiger partial charge on any atom is 0.384 e. The molecule has 0 aliphatic rings. The first kappa shape index (κ1) is 11.9. The summed E-state index contributed by atoms with van der Waals surface area (Å²) >= 11 is 4.63. The van der Waals surface area contributed by atoms with Crippen molar-refractivity contribution in [1.82, 2.24) is 0 Å². The maximum atomic E-state index is 12.5. The van der Waals surface area contributed by atoms with Gasteiger partial charge < -0.3 is 4.90 Å². The van der Waals surface area contributed by atoms with Crippen molar-refractivity contribution in [2.45, 2.75) is 5.38 Å². The molecule has 2 nitrogen and oxygen atoms in total. The van der Waals surface area contributed by atoms with Crippen molar-refractivity contribution in [2.75, 3.05) is 19.0 Å². The molecule has 0 amide bonds. The Labute approximate surface area is 91.4 Å². The third-order valence-corrected chi connectivity index (χ3v) is 2.07. The van der Waals surface area contributed by atoms with Gasteiger partial charge in [-0.2, -0.15) is 8.78 Å². The minimum atomic E-state index is -3.83. The summed E-state index contributed by atoms with van der Waals surface area (Å²) < 4.78 is 24.9. The van der Waals surface area contributed by atoms with Crippen molar-refractivity contribution < 1.29 is 13.6 Å². The Balaban J connectivity index is 2.95. The molecule has 0 fully saturated rings. The molecule has 0 N–H and O–H groups in total. The molecule has 0 radical (unpaired) electrons. The molecule has 0 bridgehead atoms. The number of ketones is 1. The fraction of sp³-hybridized carbons (Fsp3) is 0.300. The first-order valence-corrected chi connectivity index (χ1v) is 4.59. The molecule has 0 atom stereocenters. The van der Waals surface area contributed by atoms with Crippen LogP contribution in [0.1, 0.15) is 10.4 Å². The predicted octanol–water partition coefficient (Wildman–Crippen LogP) is 2.77. The molecule has 5 heteroatoms. The molecular formula is C10H10ClF2NO. The Bertz CT molecular complexity index is 357. The van der Waals surface area contributed by atoms with Crippen LogP contribution in [0.3, 0.4) is 0 Å². The van der Waals surface area contributed by atoms with E-state index in [1.54, 1.807) is 17.0 Å². The lowest BCUT2D eigenvalue weighted by Gasteiger charge is -2.13. The summed E-state index contributed by atoms with van der Waals surface area (Å²) in [5.41, 5.74) is 0.727. The van der Waals surface area contributed by atoms with Crippen LogP contribution in [-0.2, 0) is 0 Å². The number of nitrogens with zero attached hydrogens (tertiary/aromatic N) is 1. The number of halogens is 3. The molecule has 15 heavy (non-hydrogen) atoms. The zero-order valence-electron chi connectivity index (χ0n) is 8.30. The molecule has 82 valence electrons. The van der Waals surface area contributed by atoms with Crippen LogP contribution >= 0.6 is 11.6 Å². The Morgan fingerprint density at radius 1 is 1.27 bits per heavy atom. The molecule has 1 rings (SSSR count). The highest BCUT2D eigenvalue weighted by Crippen LogP contribution is 2.25. The zero-order chi connectivity index (χ0) is 11.6. The fourth-order valence-corrected chi connectivity index (χ4v) is 1.18. The Morgan fingerprint density at radius 2 is 1.73 bits per heavy atom. The van der Waals surface area contributed by atoms with Crippen LogP contribution < -0.4 is 4.90 Å². The highest BCUT2D eigenvalue weighted by Gasteiger charge is 2.36. The number of alkyl halides is 3. The van der Waals surface area contributed by atoms with Gasteiger partial charge in [-0.3, -0.25) is 4.79 Å². The van der Waals surface area contributed by atoms with E-state index in [0.29, 0.717) is 0 Å². The number of Topliss-reactive ketones (excluding diaryl/α,β-unsaturated/α-hetero) is 1. The van der Waals surface area contributed by atoms with E-state index in [1.807, 2.05) is 14.1 Å². The van der Waals surface area contributed by atoms with Crippen molar-refractivity contribution in [1.29, 1.82) is 0 Å². The highest BCUT2D eigenvalue weighted by atomic mass is 35.5. The van der Waals surface area contributed by atoms with Gasteiger partial charge >= 0.3 is 5.38 Å². The van der Waals surface area contributed by atoms with Gasteiger partial charge in [-0.15, -0.1) is 0 Å². The van der Waals surface area contributed by atoms with Gasteiger partial charge in [0.2, 0.25) is 5.78 Å². The number of rotatable bonds is 3. The van der Waals surface area contributed by atoms with Gasteiger partial charge in [-0.05, 0) is 35.9 Å². The van der Waals surface area contributed by atoms with E-state index in [2.05, 4.69) is 11.6 Å². The minimum absolute atomic E-state index is 0.0967. The predicted molar refractivity (Wildman–Crippen MR) is 55.9 cm³/mol. The molecule has 0 saturated heterocycles. The van der Waals surface area contributed by atoms with Gasteiger partial charge in [-0.25, -0.2) is 0 Å². The second-order valence-corrected chi connectivity index (χ2v) is 3.74. The molecule has 0 spiro atoms. The second kappa shape index (κ2) is 4.14. The Kier molecular flexibility index (Phi) is 3.29. The van der Waals surface area contributed by atoms with Crippen molar-refractivity contribution >= 4 is 23.1 Å². The quantitative estimate of drug-likeness (QED) is 0.591. The molecule has 1 aromatic rings. The standard InChI is InChI=1S/C10H10ClF2NO/c1-14(2)8-5-3-7(4-6-8)9(15)10(11,12)13/h3-6H,1-2H3. The summed E-state index contributed by atoms with van der Waals surface area (Å²) in [4.78, 5) is 12.9. The van der Waals surface area contributed by atoms with Crippen molar-refractivity contribution in [3.8, 4) is 0 Å². The van der Waals surface area contributed by atoms with Crippen molar-refractivity contribution in [3.63, 3.8) is 0 Å². The van der Waals surface area contributed by atoms with Crippen LogP contribution in [-0.4, -0.2) is 25.3 Å². The molecule has 0 aliphatic heterocycles. The van der Waals surface area contributed by atoms with Gasteiger partial charge in [0.1, 0.15) is 0 Å². The summed E-state index contributed by atoms with van der Waals surface area (Å²) in [6.45, 7) is 0. The average Bonchev–Trinajstić information content (AvgIpc) is 2.15. The normalized spacial score (nSPS) is 11.3. The topological polar surface area (TPSA) is 20.3 Å². The largest absolute Gasteiger partial charge is 0.384 e. The summed E-state index contributed by atoms with van der Waals surface area (Å²) in [6, 6.07) is 5.81. The Morgan fingerprint density at radius 3 is 2.07 bits per heavy atom. The Hall–Kier alpha value is -1.16. The molecule has 0 aliphatic carbocycles. The second-order valence-electron chi connectivity index (χ2n) is 3.27. The van der Waals surface area contributed by atoms with Gasteiger partial charge in [0, 0.05) is 25.3 Å². The van der Waals surface area contributed by atoms with E-state index in [-0.39, 0.29) is 5.56 Å². The summed E-state index contributed by atoms with van der Waals surface area (Å²) in [7, 11) is 3.62. The lowest BCUT2D eigenvalue weighted by Crippen LogP contribution is -2.21. The van der Waals surface area contributed by atoms with E-state index in [0.717, 1.165) is 5.69 Å². The van der Waals surface area contributed by atoms with E-state index >= 15 is 0 Å². The minimum Gasteiger partial charge on any atom is -0.378 e. The lowest BCUT2D eigenvalue weighted by atomic mass is 10.1. The maximum absolute atomic E-state index is 12.5. The van der Waals surface area contributed by atoms with Crippen LogP contribution in [0.15, 0.2) is 24.3 Å². The van der Waals surface area contributed by atoms with Crippen molar-refractivity contribution in [3.05, 3.63) is 29.8 Å². The van der Waals surface area contributed by atoms with Gasteiger partial charge in [-0.1, -0.05) is 0 Å². The fourth-order valence-electron chi connectivity index (χ4n) is 1.07. The van der Waals surface area contributed by atoms with Crippen LogP contribution in [0, 0.1) is 0 Å². The van der Waals surface area contributed by atoms with E-state index < -0.39 is 11.2 Å². The number of carbonyl (C=O) groups excluding carboxylic acids is 1. The zero-order valence-corrected chi connectivity index (χ0v) is 9.05. The third-order valence-electron chi connectivity index (χ3n) is 1.90. The van der Waals surface area contributed by atoms with Gasteiger partial charge in [0.15, 0.2) is 0 Å². The number of hydrogen-bond donors (Lipinski definition) is 0. The van der Waals surface area contributed by atoms with Crippen LogP contribution in [0.4, 0.5) is 14.5 Å². The summed E-state index contributed by atoms with van der Waals surface area (Å²) in [5, 5.41) is -3.83. The first-order chi connectivity index (χ1) is 6.82. The van der Waals surface area contributed by atoms with E-state index in [9.17, 15) is 13.6 Å². The molecule has 0 heterocycles. The van der Waals surface area contributed by atoms with Gasteiger partial charge in [0.05, 0.1) is 0 Å².